The molecule has 9 nitrogen and oxygen atoms in total. The first-order valence-corrected chi connectivity index (χ1v) is 9.70. The first kappa shape index (κ1) is 22.6. The standard InChI is InChI=1S/C18H21Cl2N5O4/c19-11-3-1-4-12(20)10(11)9-16(28)25-18(21)24-14(26)5-2-8-22-17(29)13-6-7-15(27)23-13/h1,3-4,13H,2,5-9H2,(H,22,29)(H,23,27)(H3,21,24,25,26,28)/t13-/m0/s1. The van der Waals surface area contributed by atoms with Crippen LogP contribution in [-0.2, 0) is 25.6 Å². The predicted octanol–water partition coefficient (Wildman–Crippen LogP) is 0.878. The Bertz CT molecular complexity index is 810. The van der Waals surface area contributed by atoms with Crippen LogP contribution >= 0.6 is 23.2 Å². The van der Waals surface area contributed by atoms with Crippen molar-refractivity contribution >= 4 is 52.8 Å². The number of hydrogen-bond acceptors (Lipinski definition) is 5. The number of guanidine groups is 1. The molecule has 11 heteroatoms. The van der Waals surface area contributed by atoms with Gasteiger partial charge in [-0.2, -0.15) is 0 Å². The van der Waals surface area contributed by atoms with Gasteiger partial charge < -0.3 is 10.6 Å². The predicted molar refractivity (Wildman–Crippen MR) is 108 cm³/mol. The summed E-state index contributed by atoms with van der Waals surface area (Å²) in [5, 5.41) is 18.0. The summed E-state index contributed by atoms with van der Waals surface area (Å²) < 4.78 is 0. The van der Waals surface area contributed by atoms with E-state index in [9.17, 15) is 19.2 Å². The van der Waals surface area contributed by atoms with Gasteiger partial charge in [0.25, 0.3) is 0 Å². The molecule has 1 atom stereocenters. The Morgan fingerprint density at radius 2 is 1.79 bits per heavy atom. The molecule has 1 aromatic carbocycles. The number of hydrogen-bond donors (Lipinski definition) is 5. The van der Waals surface area contributed by atoms with E-state index in [0.29, 0.717) is 34.9 Å². The van der Waals surface area contributed by atoms with Crippen molar-refractivity contribution < 1.29 is 19.2 Å². The molecular weight excluding hydrogens is 421 g/mol. The van der Waals surface area contributed by atoms with Crippen LogP contribution in [0.25, 0.3) is 0 Å². The smallest absolute Gasteiger partial charge is 0.242 e. The van der Waals surface area contributed by atoms with Gasteiger partial charge in [0, 0.05) is 29.4 Å². The number of amides is 4. The van der Waals surface area contributed by atoms with Crippen molar-refractivity contribution in [2.24, 2.45) is 0 Å². The molecule has 0 aliphatic carbocycles. The third-order valence-electron chi connectivity index (χ3n) is 4.12. The van der Waals surface area contributed by atoms with Gasteiger partial charge in [0.2, 0.25) is 29.6 Å². The van der Waals surface area contributed by atoms with Crippen molar-refractivity contribution in [2.75, 3.05) is 6.54 Å². The van der Waals surface area contributed by atoms with Crippen LogP contribution in [0.4, 0.5) is 0 Å². The molecule has 29 heavy (non-hydrogen) atoms. The van der Waals surface area contributed by atoms with Crippen LogP contribution in [0.3, 0.4) is 0 Å². The molecule has 0 spiro atoms. The Hall–Kier alpha value is -2.65. The summed E-state index contributed by atoms with van der Waals surface area (Å²) in [7, 11) is 0. The van der Waals surface area contributed by atoms with Crippen molar-refractivity contribution in [1.29, 1.82) is 5.41 Å². The molecule has 1 fully saturated rings. The van der Waals surface area contributed by atoms with Gasteiger partial charge in [0.15, 0.2) is 0 Å². The molecule has 0 saturated carbocycles. The fraction of sp³-hybridized carbons (Fsp3) is 0.389. The summed E-state index contributed by atoms with van der Waals surface area (Å²) >= 11 is 12.0. The molecule has 1 saturated heterocycles. The Kier molecular flexibility index (Phi) is 8.41. The highest BCUT2D eigenvalue weighted by atomic mass is 35.5. The monoisotopic (exact) mass is 441 g/mol. The van der Waals surface area contributed by atoms with Gasteiger partial charge in [-0.1, -0.05) is 29.3 Å². The lowest BCUT2D eigenvalue weighted by molar-refractivity contribution is -0.125. The lowest BCUT2D eigenvalue weighted by Crippen LogP contribution is -2.44. The number of nitrogens with one attached hydrogen (secondary N) is 5. The van der Waals surface area contributed by atoms with Gasteiger partial charge in [0.1, 0.15) is 6.04 Å². The number of carbonyl (C=O) groups is 4. The van der Waals surface area contributed by atoms with E-state index in [-0.39, 0.29) is 31.2 Å². The Labute approximate surface area is 177 Å². The van der Waals surface area contributed by atoms with Crippen molar-refractivity contribution in [3.05, 3.63) is 33.8 Å². The number of benzene rings is 1. The van der Waals surface area contributed by atoms with Crippen LogP contribution in [0.1, 0.15) is 31.2 Å². The van der Waals surface area contributed by atoms with E-state index >= 15 is 0 Å². The van der Waals surface area contributed by atoms with E-state index in [1.807, 2.05) is 0 Å². The molecule has 0 unspecified atom stereocenters. The molecule has 4 amide bonds. The largest absolute Gasteiger partial charge is 0.354 e. The molecule has 1 aromatic rings. The van der Waals surface area contributed by atoms with Crippen LogP contribution < -0.4 is 21.3 Å². The molecule has 5 N–H and O–H groups in total. The number of carbonyl (C=O) groups excluding carboxylic acids is 4. The highest BCUT2D eigenvalue weighted by Gasteiger charge is 2.26. The van der Waals surface area contributed by atoms with Crippen molar-refractivity contribution in [2.45, 2.75) is 38.1 Å². The fourth-order valence-electron chi connectivity index (χ4n) is 2.67. The molecule has 1 heterocycles. The van der Waals surface area contributed by atoms with Gasteiger partial charge in [0.05, 0.1) is 6.42 Å². The Balaban J connectivity index is 1.64. The average molecular weight is 442 g/mol. The van der Waals surface area contributed by atoms with E-state index in [1.54, 1.807) is 18.2 Å². The first-order valence-electron chi connectivity index (χ1n) is 8.94. The van der Waals surface area contributed by atoms with Crippen molar-refractivity contribution in [3.63, 3.8) is 0 Å². The molecular formula is C18H21Cl2N5O4. The first-order chi connectivity index (χ1) is 13.8. The maximum atomic E-state index is 12.0. The van der Waals surface area contributed by atoms with Gasteiger partial charge in [-0.3, -0.25) is 35.2 Å². The van der Waals surface area contributed by atoms with Gasteiger partial charge >= 0.3 is 0 Å². The second-order valence-electron chi connectivity index (χ2n) is 6.40. The zero-order valence-corrected chi connectivity index (χ0v) is 17.0. The Morgan fingerprint density at radius 3 is 2.41 bits per heavy atom. The maximum Gasteiger partial charge on any atom is 0.242 e. The summed E-state index contributed by atoms with van der Waals surface area (Å²) in [6.07, 6.45) is 1.04. The zero-order chi connectivity index (χ0) is 21.4. The van der Waals surface area contributed by atoms with Gasteiger partial charge in [-0.15, -0.1) is 0 Å². The molecule has 0 bridgehead atoms. The molecule has 156 valence electrons. The highest BCUT2D eigenvalue weighted by Crippen LogP contribution is 2.24. The third-order valence-corrected chi connectivity index (χ3v) is 4.83. The van der Waals surface area contributed by atoms with Crippen LogP contribution in [0.2, 0.25) is 10.0 Å². The zero-order valence-electron chi connectivity index (χ0n) is 15.4. The topological polar surface area (TPSA) is 140 Å². The van der Waals surface area contributed by atoms with E-state index in [1.165, 1.54) is 0 Å². The third kappa shape index (κ3) is 7.35. The minimum Gasteiger partial charge on any atom is -0.354 e. The molecule has 1 aliphatic heterocycles. The molecule has 0 radical (unpaired) electrons. The summed E-state index contributed by atoms with van der Waals surface area (Å²) in [5.74, 6) is -1.91. The lowest BCUT2D eigenvalue weighted by atomic mass is 10.1. The summed E-state index contributed by atoms with van der Waals surface area (Å²) in [4.78, 5) is 46.7. The normalized spacial score (nSPS) is 15.4. The summed E-state index contributed by atoms with van der Waals surface area (Å²) in [5.41, 5.74) is 0.432. The molecule has 0 aromatic heterocycles. The summed E-state index contributed by atoms with van der Waals surface area (Å²) in [6.45, 7) is 0.253. The average Bonchev–Trinajstić information content (AvgIpc) is 3.08. The maximum absolute atomic E-state index is 12.0. The number of rotatable bonds is 7. The van der Waals surface area contributed by atoms with E-state index < -0.39 is 23.8 Å². The van der Waals surface area contributed by atoms with Gasteiger partial charge in [-0.25, -0.2) is 0 Å². The SMILES string of the molecule is N=C(NC(=O)CCCNC(=O)[C@@H]1CCC(=O)N1)NC(=O)Cc1c(Cl)cccc1Cl. The quantitative estimate of drug-likeness (QED) is 0.243. The minimum absolute atomic E-state index is 0.0475. The van der Waals surface area contributed by atoms with Crippen LogP contribution in [0, 0.1) is 5.41 Å². The van der Waals surface area contributed by atoms with Crippen LogP contribution in [-0.4, -0.2) is 42.2 Å². The molecule has 2 rings (SSSR count). The highest BCUT2D eigenvalue weighted by molar-refractivity contribution is 6.36. The Morgan fingerprint density at radius 1 is 1.14 bits per heavy atom. The van der Waals surface area contributed by atoms with Crippen LogP contribution in [0.5, 0.6) is 0 Å². The summed E-state index contributed by atoms with van der Waals surface area (Å²) in [6, 6.07) is 4.33. The van der Waals surface area contributed by atoms with E-state index in [4.69, 9.17) is 28.6 Å². The van der Waals surface area contributed by atoms with Crippen molar-refractivity contribution in [1.82, 2.24) is 21.3 Å². The van der Waals surface area contributed by atoms with Crippen LogP contribution in [0.15, 0.2) is 18.2 Å². The van der Waals surface area contributed by atoms with Crippen molar-refractivity contribution in [3.8, 4) is 0 Å². The lowest BCUT2D eigenvalue weighted by Gasteiger charge is -2.11. The van der Waals surface area contributed by atoms with Gasteiger partial charge in [-0.05, 0) is 30.5 Å². The number of halogens is 2. The molecule has 1 aliphatic rings. The second-order valence-corrected chi connectivity index (χ2v) is 7.22. The second kappa shape index (κ2) is 10.8. The van der Waals surface area contributed by atoms with E-state index in [2.05, 4.69) is 21.3 Å². The fourth-order valence-corrected chi connectivity index (χ4v) is 3.20. The minimum atomic E-state index is -0.545. The van der Waals surface area contributed by atoms with E-state index in [0.717, 1.165) is 0 Å².